The molecule has 748 valence electrons. The van der Waals surface area contributed by atoms with Gasteiger partial charge in [-0.15, -0.1) is 11.8 Å². The smallest absolute Gasteiger partial charge is 0.350 e. The zero-order valence-electron chi connectivity index (χ0n) is 78.4. The lowest BCUT2D eigenvalue weighted by Gasteiger charge is -2.67. The van der Waals surface area contributed by atoms with Gasteiger partial charge in [-0.25, -0.2) is 9.59 Å². The van der Waals surface area contributed by atoms with E-state index in [0.29, 0.717) is 68.1 Å². The van der Waals surface area contributed by atoms with Crippen LogP contribution in [0.2, 0.25) is 0 Å². The number of primary amides is 1. The summed E-state index contributed by atoms with van der Waals surface area (Å²) in [5.41, 5.74) is 15.7. The van der Waals surface area contributed by atoms with Gasteiger partial charge in [0.25, 0.3) is 5.91 Å². The minimum absolute atomic E-state index is 0.00362. The minimum Gasteiger partial charge on any atom is -0.494 e. The fraction of sp³-hybridized carbons (Fsp3) is 0.510. The summed E-state index contributed by atoms with van der Waals surface area (Å²) in [5.74, 6) is -17.0. The number of hydrogen-bond donors (Lipinski definition) is 18. The highest BCUT2D eigenvalue weighted by molar-refractivity contribution is 7.99. The highest BCUT2D eigenvalue weighted by atomic mass is 32.2. The number of aliphatic hydroxyl groups excluding tert-OH is 1. The van der Waals surface area contributed by atoms with Crippen LogP contribution in [0.1, 0.15) is 163 Å². The molecule has 10 rings (SSSR count). The minimum atomic E-state index is -2.64. The number of ketones is 1. The third kappa shape index (κ3) is 26.0. The van der Waals surface area contributed by atoms with Gasteiger partial charge in [0.15, 0.2) is 23.4 Å². The molecule has 0 spiro atoms. The predicted octanol–water partition coefficient (Wildman–Crippen LogP) is 2.28. The van der Waals surface area contributed by atoms with Crippen molar-refractivity contribution in [3.05, 3.63) is 161 Å². The van der Waals surface area contributed by atoms with E-state index in [2.05, 4.69) is 52.8 Å². The van der Waals surface area contributed by atoms with E-state index in [0.717, 1.165) is 35.4 Å². The first-order valence-electron chi connectivity index (χ1n) is 45.9. The molecule has 3 aliphatic carbocycles. The van der Waals surface area contributed by atoms with E-state index in [1.807, 2.05) is 30.5 Å². The van der Waals surface area contributed by atoms with Crippen LogP contribution >= 0.6 is 23.5 Å². The van der Waals surface area contributed by atoms with Gasteiger partial charge in [-0.3, -0.25) is 66.9 Å². The van der Waals surface area contributed by atoms with E-state index in [4.69, 9.17) is 51.4 Å². The number of fused-ring (bicyclic) bond motifs is 6. The highest BCUT2D eigenvalue weighted by Crippen LogP contribution is 2.65. The van der Waals surface area contributed by atoms with E-state index >= 15 is 9.59 Å². The van der Waals surface area contributed by atoms with E-state index in [-0.39, 0.29) is 84.3 Å². The van der Waals surface area contributed by atoms with Gasteiger partial charge in [0.05, 0.1) is 60.1 Å². The summed E-state index contributed by atoms with van der Waals surface area (Å²) in [5, 5.41) is 75.3. The lowest BCUT2D eigenvalue weighted by Crippen LogP contribution is -2.82. The van der Waals surface area contributed by atoms with Crippen LogP contribution in [-0.4, -0.2) is 267 Å². The molecule has 2 unspecified atom stereocenters. The van der Waals surface area contributed by atoms with Crippen LogP contribution in [-0.2, 0) is 104 Å². The molecule has 0 radical (unpaired) electrons. The Morgan fingerprint density at radius 3 is 1.76 bits per heavy atom. The second-order valence-electron chi connectivity index (χ2n) is 35.5. The number of nitrogens with two attached hydrogens (primary N) is 4. The Bertz CT molecular complexity index is 5380. The predicted molar refractivity (Wildman–Crippen MR) is 506 cm³/mol. The number of unbranched alkanes of at least 4 members (excludes halogenated alkanes) is 3. The van der Waals surface area contributed by atoms with Crippen molar-refractivity contribution in [2.45, 2.75) is 233 Å². The van der Waals surface area contributed by atoms with E-state index in [1.165, 1.54) is 76.2 Å². The van der Waals surface area contributed by atoms with Crippen molar-refractivity contribution in [1.29, 1.82) is 0 Å². The van der Waals surface area contributed by atoms with Crippen LogP contribution < -0.4 is 70.8 Å². The molecule has 4 aliphatic rings. The first-order chi connectivity index (χ1) is 65.8. The van der Waals surface area contributed by atoms with Gasteiger partial charge in [0.1, 0.15) is 60.2 Å². The van der Waals surface area contributed by atoms with Crippen molar-refractivity contribution < 1.29 is 121 Å². The number of likely N-dealkylation sites (N-methyl/N-ethyl adjacent to an activating group) is 1. The SMILES string of the molecule is CN[C@@H](CCSC)C(=O)N[C@@H](CCCCN)C(=O)N[C@@H](Cc1c[nH]c2ccccc12)C(=O)N[C@@H](CCCCN)C(=O)N[C@@H](CCCCN)C(=O)NCC(=O)NC(CSc1cc(O)n(CCC(=O)O[C@@H](C(=O)O[C@H]2C[C@@]3(O)[C@@H](OC(=O)c4ccccc4)C4[C@](C)(C(=O)[C@H](OC(C)=O)C(=C2C)C3(C)C)[C@@H](O)C[C@H]2OC[C@@]42OC(C)=O)[C@@H](NC(=O)c2ccccc2)c2ccccc2)c1O)C(=O)NCC(N)=O. The van der Waals surface area contributed by atoms with Crippen LogP contribution in [0.5, 0.6) is 11.8 Å². The molecule has 17 atom stereocenters. The number of rotatable bonds is 50. The number of thioether (sulfide) groups is 2. The van der Waals surface area contributed by atoms with Crippen molar-refractivity contribution in [1.82, 2.24) is 57.4 Å². The van der Waals surface area contributed by atoms with Crippen LogP contribution in [0.15, 0.2) is 144 Å². The number of aliphatic hydroxyl groups is 2. The van der Waals surface area contributed by atoms with Crippen LogP contribution in [0.3, 0.4) is 0 Å². The summed E-state index contributed by atoms with van der Waals surface area (Å²) < 4.78 is 38.2. The highest BCUT2D eigenvalue weighted by Gasteiger charge is 2.78. The molecule has 1 aliphatic heterocycles. The quantitative estimate of drug-likeness (QED) is 0.00856. The Hall–Kier alpha value is -12.3. The molecule has 1 saturated heterocycles. The molecule has 3 fully saturated rings. The Balaban J connectivity index is 0.882. The van der Waals surface area contributed by atoms with Crippen molar-refractivity contribution in [2.75, 3.05) is 64.1 Å². The molecular formula is C96H127N15O25S2. The molecule has 22 N–H and O–H groups in total. The molecule has 4 aromatic carbocycles. The fourth-order valence-electron chi connectivity index (χ4n) is 18.5. The molecule has 3 heterocycles. The van der Waals surface area contributed by atoms with E-state index in [9.17, 15) is 82.8 Å². The monoisotopic (exact) mass is 1950 g/mol. The zero-order chi connectivity index (χ0) is 101. The third-order valence-electron chi connectivity index (χ3n) is 25.9. The summed E-state index contributed by atoms with van der Waals surface area (Å²) >= 11 is 2.22. The molecule has 42 heteroatoms. The Kier molecular flexibility index (Phi) is 38.5. The van der Waals surface area contributed by atoms with Crippen molar-refractivity contribution in [3.8, 4) is 11.8 Å². The number of carbonyl (C=O) groups excluding carboxylic acids is 15. The topological polar surface area (TPSA) is 625 Å². The first kappa shape index (κ1) is 108. The van der Waals surface area contributed by atoms with Gasteiger partial charge in [0, 0.05) is 79.6 Å². The number of nitrogens with zero attached hydrogens (tertiary/aromatic N) is 1. The molecule has 9 amide bonds. The van der Waals surface area contributed by atoms with Gasteiger partial charge < -0.3 is 125 Å². The zero-order valence-corrected chi connectivity index (χ0v) is 80.0. The molecular weight excluding hydrogens is 1830 g/mol. The number of para-hydroxylation sites is 1. The summed E-state index contributed by atoms with van der Waals surface area (Å²) in [4.78, 5) is 219. The number of esters is 5. The number of aromatic amines is 1. The standard InChI is InChI=1S/C96H127N15O25S2/c1-53-68(47-96(130)82(135-91(128)58-30-16-11-17-31-58)80-94(6,70(114)46-71-95(80,52-131-71)136-55(3)113)81(119)78(132-54(2)112)76(53)93(96,4)5)133-92(129)79(77(56-26-12-9-13-27-56)110-83(120)57-28-14-10-15-29-57)134-75(118)37-42-111-74(117)45-69(90(111)127)138-51-67(85(122)103-49-72(100)115)105-73(116)50-104-84(121)63(34-20-23-39-97)106-87(124)64(35-21-24-40-98)108-89(126)66(44-59-48-102-61-33-19-18-32-60(59)61)109-88(125)65(36-22-25-41-99)107-86(123)62(101-7)38-43-137-8/h9-19,26-33,45,48,62-68,70-71,77-80,82,101-102,114,117,127,130H,20-25,34-44,46-47,49-52,97-99H2,1-8H3,(H2,100,115)(H,103,122)(H,104,121)(H,105,116)(H,106,124)(H,107,123)(H,108,126)(H,109,125)(H,110,120)/t62-,63-,64-,65-,66-,67?,68-,70-,71+,77-,78+,79+,80?,82-,94+,95-,96+/m0/s1. The number of aromatic hydroxyl groups is 2. The lowest BCUT2D eigenvalue weighted by atomic mass is 9.44. The molecule has 6 aromatic rings. The lowest BCUT2D eigenvalue weighted by molar-refractivity contribution is -0.346. The van der Waals surface area contributed by atoms with E-state index in [1.54, 1.807) is 67.5 Å². The number of ether oxygens (including phenoxy) is 6. The summed E-state index contributed by atoms with van der Waals surface area (Å²) in [6, 6.07) is 22.2. The van der Waals surface area contributed by atoms with Crippen molar-refractivity contribution in [2.24, 2.45) is 39.7 Å². The normalized spacial score (nSPS) is 21.9. The van der Waals surface area contributed by atoms with Crippen LogP contribution in [0.4, 0.5) is 0 Å². The van der Waals surface area contributed by atoms with Gasteiger partial charge in [-0.05, 0) is 169 Å². The van der Waals surface area contributed by atoms with Gasteiger partial charge in [0.2, 0.25) is 59.2 Å². The van der Waals surface area contributed by atoms with Crippen molar-refractivity contribution in [3.63, 3.8) is 0 Å². The molecule has 40 nitrogen and oxygen atoms in total. The van der Waals surface area contributed by atoms with Crippen molar-refractivity contribution >= 4 is 123 Å². The Morgan fingerprint density at radius 2 is 1.20 bits per heavy atom. The van der Waals surface area contributed by atoms with E-state index < -0.39 is 252 Å². The first-order valence-corrected chi connectivity index (χ1v) is 48.3. The Morgan fingerprint density at radius 1 is 0.645 bits per heavy atom. The second-order valence-corrected chi connectivity index (χ2v) is 37.6. The number of amides is 9. The maximum absolute atomic E-state index is 16.1. The number of Topliss-reactive ketones (excluding diaryl/α,β-unsaturated/α-hetero) is 1. The fourth-order valence-corrected chi connectivity index (χ4v) is 19.9. The number of carbonyl (C=O) groups is 15. The van der Waals surface area contributed by atoms with Crippen LogP contribution in [0, 0.1) is 16.7 Å². The summed E-state index contributed by atoms with van der Waals surface area (Å²) in [7, 11) is 1.64. The second kappa shape index (κ2) is 49.3. The number of aromatic nitrogens is 2. The number of hydrogen-bond acceptors (Lipinski definition) is 31. The number of benzene rings is 4. The summed E-state index contributed by atoms with van der Waals surface area (Å²) in [6.07, 6.45) is -6.46. The average molecular weight is 1960 g/mol. The number of nitrogens with one attached hydrogen (secondary N) is 10. The maximum Gasteiger partial charge on any atom is 0.350 e. The van der Waals surface area contributed by atoms with Gasteiger partial charge >= 0.3 is 29.8 Å². The largest absolute Gasteiger partial charge is 0.494 e. The summed E-state index contributed by atoms with van der Waals surface area (Å²) in [6.45, 7) is 5.86. The maximum atomic E-state index is 16.1. The van der Waals surface area contributed by atoms with Gasteiger partial charge in [-0.2, -0.15) is 11.8 Å². The number of H-pyrrole nitrogens is 1. The Labute approximate surface area is 806 Å². The van der Waals surface area contributed by atoms with Gasteiger partial charge in [-0.1, -0.05) is 98.8 Å². The molecule has 2 aromatic heterocycles. The molecule has 2 saturated carbocycles. The third-order valence-corrected chi connectivity index (χ3v) is 27.7. The average Bonchev–Trinajstić information content (AvgIpc) is 0.678. The molecule has 138 heavy (non-hydrogen) atoms. The molecule has 2 bridgehead atoms. The van der Waals surface area contributed by atoms with Crippen LogP contribution in [0.25, 0.3) is 10.9 Å².